The zero-order valence-electron chi connectivity index (χ0n) is 10.8. The first-order chi connectivity index (χ1) is 9.34. The number of amides is 1. The lowest BCUT2D eigenvalue weighted by Gasteiger charge is -2.23. The number of benzene rings is 1. The maximum Gasteiger partial charge on any atom is 0.223 e. The molecule has 5 heteroatoms. The number of ether oxygens (including phenoxy) is 3. The average Bonchev–Trinajstić information content (AvgIpc) is 2.47. The van der Waals surface area contributed by atoms with Gasteiger partial charge in [-0.3, -0.25) is 4.79 Å². The second kappa shape index (κ2) is 7.76. The molecule has 1 aliphatic rings. The first-order valence-electron chi connectivity index (χ1n) is 6.48. The molecule has 1 aromatic rings. The van der Waals surface area contributed by atoms with Gasteiger partial charge in [0.2, 0.25) is 5.91 Å². The summed E-state index contributed by atoms with van der Waals surface area (Å²) >= 11 is 0. The Bertz CT molecular complexity index is 376. The number of nitrogens with one attached hydrogen (secondary N) is 1. The number of hydrogen-bond donors (Lipinski definition) is 1. The molecule has 0 unspecified atom stereocenters. The van der Waals surface area contributed by atoms with Gasteiger partial charge in [0.25, 0.3) is 0 Å². The van der Waals surface area contributed by atoms with Crippen LogP contribution in [0.2, 0.25) is 0 Å². The van der Waals surface area contributed by atoms with E-state index in [4.69, 9.17) is 14.2 Å². The van der Waals surface area contributed by atoms with Crippen LogP contribution in [-0.4, -0.2) is 45.0 Å². The standard InChI is InChI=1S/C14H19NO4/c16-14(15-10-13-11-17-8-9-19-13)6-7-18-12-4-2-1-3-5-12/h1-5,13H,6-11H2,(H,15,16)/t13-/m1/s1. The van der Waals surface area contributed by atoms with Crippen LogP contribution in [0.4, 0.5) is 0 Å². The van der Waals surface area contributed by atoms with Crippen LogP contribution in [-0.2, 0) is 14.3 Å². The highest BCUT2D eigenvalue weighted by Crippen LogP contribution is 2.08. The van der Waals surface area contributed by atoms with Crippen molar-refractivity contribution in [2.24, 2.45) is 0 Å². The van der Waals surface area contributed by atoms with Crippen LogP contribution in [0.1, 0.15) is 6.42 Å². The number of para-hydroxylation sites is 1. The monoisotopic (exact) mass is 265 g/mol. The smallest absolute Gasteiger partial charge is 0.223 e. The van der Waals surface area contributed by atoms with Gasteiger partial charge >= 0.3 is 0 Å². The van der Waals surface area contributed by atoms with E-state index >= 15 is 0 Å². The van der Waals surface area contributed by atoms with Gasteiger partial charge < -0.3 is 19.5 Å². The minimum absolute atomic E-state index is 0.0345. The lowest BCUT2D eigenvalue weighted by Crippen LogP contribution is -2.40. The van der Waals surface area contributed by atoms with Gasteiger partial charge in [-0.2, -0.15) is 0 Å². The number of carbonyl (C=O) groups is 1. The van der Waals surface area contributed by atoms with Crippen molar-refractivity contribution >= 4 is 5.91 Å². The predicted molar refractivity (Wildman–Crippen MR) is 70.1 cm³/mol. The molecule has 1 amide bonds. The fraction of sp³-hybridized carbons (Fsp3) is 0.500. The van der Waals surface area contributed by atoms with E-state index in [0.717, 1.165) is 5.75 Å². The highest BCUT2D eigenvalue weighted by Gasteiger charge is 2.14. The summed E-state index contributed by atoms with van der Waals surface area (Å²) in [6.45, 7) is 2.63. The fourth-order valence-electron chi connectivity index (χ4n) is 1.75. The molecule has 2 rings (SSSR count). The third kappa shape index (κ3) is 5.28. The van der Waals surface area contributed by atoms with E-state index in [-0.39, 0.29) is 12.0 Å². The molecule has 1 aliphatic heterocycles. The van der Waals surface area contributed by atoms with Crippen molar-refractivity contribution in [2.45, 2.75) is 12.5 Å². The highest BCUT2D eigenvalue weighted by molar-refractivity contribution is 5.76. The largest absolute Gasteiger partial charge is 0.493 e. The normalized spacial score (nSPS) is 18.8. The van der Waals surface area contributed by atoms with Gasteiger partial charge in [0, 0.05) is 6.54 Å². The van der Waals surface area contributed by atoms with Crippen LogP contribution in [0.15, 0.2) is 30.3 Å². The SMILES string of the molecule is O=C(CCOc1ccccc1)NC[C@@H]1COCCO1. The summed E-state index contributed by atoms with van der Waals surface area (Å²) in [6.07, 6.45) is 0.301. The van der Waals surface area contributed by atoms with Crippen LogP contribution in [0.25, 0.3) is 0 Å². The van der Waals surface area contributed by atoms with Crippen molar-refractivity contribution in [3.8, 4) is 5.75 Å². The molecule has 104 valence electrons. The Kier molecular flexibility index (Phi) is 5.65. The lowest BCUT2D eigenvalue weighted by molar-refractivity contribution is -0.124. The van der Waals surface area contributed by atoms with Crippen molar-refractivity contribution in [1.82, 2.24) is 5.32 Å². The Morgan fingerprint density at radius 1 is 1.32 bits per heavy atom. The number of carbonyl (C=O) groups excluding carboxylic acids is 1. The van der Waals surface area contributed by atoms with Crippen LogP contribution < -0.4 is 10.1 Å². The van der Waals surface area contributed by atoms with Gasteiger partial charge in [-0.15, -0.1) is 0 Å². The Balaban J connectivity index is 1.57. The zero-order valence-corrected chi connectivity index (χ0v) is 10.8. The molecule has 1 aromatic carbocycles. The molecule has 19 heavy (non-hydrogen) atoms. The number of rotatable bonds is 6. The lowest BCUT2D eigenvalue weighted by atomic mass is 10.3. The van der Waals surface area contributed by atoms with Gasteiger partial charge in [-0.25, -0.2) is 0 Å². The molecule has 0 spiro atoms. The summed E-state index contributed by atoms with van der Waals surface area (Å²) in [6, 6.07) is 9.45. The van der Waals surface area contributed by atoms with E-state index in [2.05, 4.69) is 5.32 Å². The average molecular weight is 265 g/mol. The summed E-state index contributed by atoms with van der Waals surface area (Å²) < 4.78 is 16.1. The summed E-state index contributed by atoms with van der Waals surface area (Å²) in [5.74, 6) is 0.740. The highest BCUT2D eigenvalue weighted by atomic mass is 16.6. The van der Waals surface area contributed by atoms with Crippen LogP contribution in [0.5, 0.6) is 5.75 Å². The minimum Gasteiger partial charge on any atom is -0.493 e. The Hall–Kier alpha value is -1.59. The molecule has 0 aliphatic carbocycles. The molecule has 1 heterocycles. The second-order valence-electron chi connectivity index (χ2n) is 4.28. The molecule has 1 atom stereocenters. The molecular weight excluding hydrogens is 246 g/mol. The summed E-state index contributed by atoms with van der Waals surface area (Å²) in [7, 11) is 0. The van der Waals surface area contributed by atoms with E-state index in [1.54, 1.807) is 0 Å². The summed E-state index contributed by atoms with van der Waals surface area (Å²) in [5, 5.41) is 2.81. The van der Waals surface area contributed by atoms with Crippen molar-refractivity contribution < 1.29 is 19.0 Å². The first-order valence-corrected chi connectivity index (χ1v) is 6.48. The van der Waals surface area contributed by atoms with Crippen molar-refractivity contribution in [2.75, 3.05) is 33.0 Å². The molecule has 1 fully saturated rings. The molecule has 1 saturated heterocycles. The van der Waals surface area contributed by atoms with Gasteiger partial charge in [0.15, 0.2) is 0 Å². The topological polar surface area (TPSA) is 56.8 Å². The van der Waals surface area contributed by atoms with E-state index in [0.29, 0.717) is 39.4 Å². The summed E-state index contributed by atoms with van der Waals surface area (Å²) in [5.41, 5.74) is 0. The van der Waals surface area contributed by atoms with Crippen LogP contribution in [0.3, 0.4) is 0 Å². The van der Waals surface area contributed by atoms with Crippen molar-refractivity contribution in [3.63, 3.8) is 0 Å². The maximum absolute atomic E-state index is 11.6. The molecule has 0 radical (unpaired) electrons. The molecule has 1 N–H and O–H groups in total. The third-order valence-electron chi connectivity index (χ3n) is 2.75. The quantitative estimate of drug-likeness (QED) is 0.833. The molecule has 0 bridgehead atoms. The van der Waals surface area contributed by atoms with Crippen molar-refractivity contribution in [1.29, 1.82) is 0 Å². The van der Waals surface area contributed by atoms with Crippen LogP contribution in [0, 0.1) is 0 Å². The summed E-state index contributed by atoms with van der Waals surface area (Å²) in [4.78, 5) is 11.6. The Morgan fingerprint density at radius 3 is 2.89 bits per heavy atom. The van der Waals surface area contributed by atoms with E-state index in [9.17, 15) is 4.79 Å². The van der Waals surface area contributed by atoms with Gasteiger partial charge in [-0.05, 0) is 12.1 Å². The Morgan fingerprint density at radius 2 is 2.16 bits per heavy atom. The number of hydrogen-bond acceptors (Lipinski definition) is 4. The maximum atomic E-state index is 11.6. The third-order valence-corrected chi connectivity index (χ3v) is 2.75. The molecule has 5 nitrogen and oxygen atoms in total. The van der Waals surface area contributed by atoms with E-state index < -0.39 is 0 Å². The fourth-order valence-corrected chi connectivity index (χ4v) is 1.75. The first kappa shape index (κ1) is 13.8. The minimum atomic E-state index is -0.0369. The molecular formula is C14H19NO4. The molecule has 0 aromatic heterocycles. The van der Waals surface area contributed by atoms with E-state index in [1.165, 1.54) is 0 Å². The predicted octanol–water partition coefficient (Wildman–Crippen LogP) is 0.987. The van der Waals surface area contributed by atoms with Gasteiger partial charge in [0.05, 0.1) is 39.0 Å². The van der Waals surface area contributed by atoms with Crippen molar-refractivity contribution in [3.05, 3.63) is 30.3 Å². The van der Waals surface area contributed by atoms with E-state index in [1.807, 2.05) is 30.3 Å². The molecule has 0 saturated carbocycles. The zero-order chi connectivity index (χ0) is 13.3. The second-order valence-corrected chi connectivity index (χ2v) is 4.28. The van der Waals surface area contributed by atoms with Gasteiger partial charge in [-0.1, -0.05) is 18.2 Å². The van der Waals surface area contributed by atoms with Gasteiger partial charge in [0.1, 0.15) is 5.75 Å². The Labute approximate surface area is 112 Å². The van der Waals surface area contributed by atoms with Crippen LogP contribution >= 0.6 is 0 Å².